The van der Waals surface area contributed by atoms with Crippen molar-refractivity contribution in [2.45, 2.75) is 45.6 Å². The van der Waals surface area contributed by atoms with Crippen LogP contribution in [-0.4, -0.2) is 38.8 Å². The second-order valence-corrected chi connectivity index (χ2v) is 9.82. The fraction of sp³-hybridized carbons (Fsp3) is 0.409. The summed E-state index contributed by atoms with van der Waals surface area (Å²) >= 11 is 6.11. The lowest BCUT2D eigenvalue weighted by Crippen LogP contribution is -2.39. The molecule has 2 aromatic carbocycles. The van der Waals surface area contributed by atoms with E-state index in [4.69, 9.17) is 16.3 Å². The molecule has 8 heteroatoms. The fourth-order valence-electron chi connectivity index (χ4n) is 3.20. The van der Waals surface area contributed by atoms with Crippen molar-refractivity contribution in [3.63, 3.8) is 0 Å². The molecular formula is C22H29ClN2O4S. The second-order valence-electron chi connectivity index (χ2n) is 7.37. The number of sulfonamides is 1. The van der Waals surface area contributed by atoms with Gasteiger partial charge in [0.15, 0.2) is 0 Å². The molecule has 0 aromatic heterocycles. The topological polar surface area (TPSA) is 75.7 Å². The minimum absolute atomic E-state index is 0.00399. The van der Waals surface area contributed by atoms with Crippen LogP contribution in [0.2, 0.25) is 5.02 Å². The molecular weight excluding hydrogens is 424 g/mol. The van der Waals surface area contributed by atoms with Crippen molar-refractivity contribution in [2.24, 2.45) is 0 Å². The van der Waals surface area contributed by atoms with Crippen molar-refractivity contribution >= 4 is 27.5 Å². The van der Waals surface area contributed by atoms with Gasteiger partial charge in [-0.2, -0.15) is 4.31 Å². The Hall–Kier alpha value is -2.09. The number of likely N-dealkylation sites (N-methyl/N-ethyl adjacent to an activating group) is 1. The van der Waals surface area contributed by atoms with Crippen molar-refractivity contribution in [3.8, 4) is 5.75 Å². The molecule has 0 aliphatic heterocycles. The van der Waals surface area contributed by atoms with Crippen LogP contribution in [0.3, 0.4) is 0 Å². The Balaban J connectivity index is 2.11. The van der Waals surface area contributed by atoms with Crippen LogP contribution in [-0.2, 0) is 14.8 Å². The summed E-state index contributed by atoms with van der Waals surface area (Å²) in [5.41, 5.74) is 4.42. The van der Waals surface area contributed by atoms with Gasteiger partial charge in [-0.1, -0.05) is 23.7 Å². The van der Waals surface area contributed by atoms with Gasteiger partial charge in [-0.3, -0.25) is 4.79 Å². The van der Waals surface area contributed by atoms with E-state index in [0.29, 0.717) is 12.4 Å². The molecule has 0 radical (unpaired) electrons. The molecule has 0 saturated carbocycles. The second kappa shape index (κ2) is 9.81. The molecule has 164 valence electrons. The normalized spacial score (nSPS) is 12.7. The Morgan fingerprint density at radius 2 is 1.77 bits per heavy atom. The molecule has 2 rings (SSSR count). The molecule has 0 spiro atoms. The lowest BCUT2D eigenvalue weighted by atomic mass is 9.96. The van der Waals surface area contributed by atoms with Gasteiger partial charge >= 0.3 is 0 Å². The average molecular weight is 453 g/mol. The number of hydrogen-bond acceptors (Lipinski definition) is 4. The average Bonchev–Trinajstić information content (AvgIpc) is 2.66. The van der Waals surface area contributed by atoms with E-state index in [0.717, 1.165) is 21.0 Å². The number of ether oxygens (including phenoxy) is 1. The van der Waals surface area contributed by atoms with Gasteiger partial charge in [0.1, 0.15) is 5.75 Å². The predicted molar refractivity (Wildman–Crippen MR) is 120 cm³/mol. The number of hydrogen-bond donors (Lipinski definition) is 1. The van der Waals surface area contributed by atoms with Crippen LogP contribution in [0, 0.1) is 20.8 Å². The van der Waals surface area contributed by atoms with Gasteiger partial charge in [0.2, 0.25) is 15.9 Å². The number of nitrogens with one attached hydrogen (secondary N) is 1. The minimum atomic E-state index is -3.88. The van der Waals surface area contributed by atoms with E-state index in [9.17, 15) is 13.2 Å². The third kappa shape index (κ3) is 5.53. The molecule has 0 saturated heterocycles. The zero-order valence-corrected chi connectivity index (χ0v) is 19.8. The Labute approximate surface area is 184 Å². The van der Waals surface area contributed by atoms with E-state index >= 15 is 0 Å². The van der Waals surface area contributed by atoms with Crippen LogP contribution in [0.5, 0.6) is 5.75 Å². The van der Waals surface area contributed by atoms with Gasteiger partial charge in [-0.25, -0.2) is 8.42 Å². The quantitative estimate of drug-likeness (QED) is 0.652. The highest BCUT2D eigenvalue weighted by atomic mass is 35.5. The van der Waals surface area contributed by atoms with Crippen LogP contribution in [0.4, 0.5) is 0 Å². The summed E-state index contributed by atoms with van der Waals surface area (Å²) in [5, 5.41) is 3.09. The van der Waals surface area contributed by atoms with Gasteiger partial charge in [0, 0.05) is 7.05 Å². The predicted octanol–water partition coefficient (Wildman–Crippen LogP) is 4.16. The zero-order valence-electron chi connectivity index (χ0n) is 18.2. The number of carbonyl (C=O) groups excluding carboxylic acids is 1. The number of amides is 1. The molecule has 0 unspecified atom stereocenters. The Kier molecular flexibility index (Phi) is 7.91. The number of aryl methyl sites for hydroxylation is 3. The van der Waals surface area contributed by atoms with Crippen LogP contribution < -0.4 is 10.1 Å². The fourth-order valence-corrected chi connectivity index (χ4v) is 4.65. The summed E-state index contributed by atoms with van der Waals surface area (Å²) in [6.07, 6.45) is 0. The maximum Gasteiger partial charge on any atom is 0.243 e. The molecule has 0 heterocycles. The molecule has 30 heavy (non-hydrogen) atoms. The van der Waals surface area contributed by atoms with Crippen molar-refractivity contribution in [2.75, 3.05) is 20.2 Å². The highest BCUT2D eigenvalue weighted by molar-refractivity contribution is 7.89. The van der Waals surface area contributed by atoms with Crippen molar-refractivity contribution < 1.29 is 17.9 Å². The van der Waals surface area contributed by atoms with Crippen LogP contribution in [0.25, 0.3) is 0 Å². The maximum absolute atomic E-state index is 12.8. The highest BCUT2D eigenvalue weighted by Gasteiger charge is 2.25. The first-order valence-corrected chi connectivity index (χ1v) is 11.5. The number of rotatable bonds is 8. The summed E-state index contributed by atoms with van der Waals surface area (Å²) < 4.78 is 32.0. The number of halogens is 1. The van der Waals surface area contributed by atoms with Gasteiger partial charge < -0.3 is 10.1 Å². The molecule has 1 amide bonds. The van der Waals surface area contributed by atoms with E-state index in [1.165, 1.54) is 30.8 Å². The van der Waals surface area contributed by atoms with E-state index in [2.05, 4.69) is 17.4 Å². The van der Waals surface area contributed by atoms with Crippen molar-refractivity contribution in [3.05, 3.63) is 57.6 Å². The van der Waals surface area contributed by atoms with E-state index < -0.39 is 10.0 Å². The molecule has 0 bridgehead atoms. The maximum atomic E-state index is 12.8. The zero-order chi connectivity index (χ0) is 22.6. The number of benzene rings is 2. The molecule has 6 nitrogen and oxygen atoms in total. The standard InChI is InChI=1S/C22H29ClN2O4S/c1-7-29-21-9-8-18(12-20(21)23)30(27,28)25(6)13-22(26)24-17(5)19-11-15(3)14(2)10-16(19)4/h8-12,17H,7,13H2,1-6H3,(H,24,26)/t17-/m0/s1. The Bertz CT molecular complexity index is 1040. The van der Waals surface area contributed by atoms with Gasteiger partial charge in [0.25, 0.3) is 0 Å². The first-order valence-electron chi connectivity index (χ1n) is 9.73. The molecule has 2 aromatic rings. The highest BCUT2D eigenvalue weighted by Crippen LogP contribution is 2.28. The summed E-state index contributed by atoms with van der Waals surface area (Å²) in [4.78, 5) is 12.5. The third-order valence-corrected chi connectivity index (χ3v) is 7.10. The van der Waals surface area contributed by atoms with Crippen molar-refractivity contribution in [1.82, 2.24) is 9.62 Å². The van der Waals surface area contributed by atoms with Crippen LogP contribution >= 0.6 is 11.6 Å². The summed E-state index contributed by atoms with van der Waals surface area (Å²) in [5.74, 6) is 0.0272. The third-order valence-electron chi connectivity index (χ3n) is 5.00. The van der Waals surface area contributed by atoms with Crippen LogP contribution in [0.1, 0.15) is 42.1 Å². The Morgan fingerprint density at radius 3 is 2.37 bits per heavy atom. The van der Waals surface area contributed by atoms with Crippen molar-refractivity contribution in [1.29, 1.82) is 0 Å². The summed E-state index contributed by atoms with van der Waals surface area (Å²) in [7, 11) is -2.51. The van der Waals surface area contributed by atoms with E-state index in [-0.39, 0.29) is 28.4 Å². The lowest BCUT2D eigenvalue weighted by molar-refractivity contribution is -0.121. The SMILES string of the molecule is CCOc1ccc(S(=O)(=O)N(C)CC(=O)N[C@@H](C)c2cc(C)c(C)cc2C)cc1Cl. The summed E-state index contributed by atoms with van der Waals surface area (Å²) in [6, 6.07) is 8.15. The molecule has 0 aliphatic carbocycles. The number of carbonyl (C=O) groups is 1. The largest absolute Gasteiger partial charge is 0.492 e. The molecule has 1 atom stereocenters. The smallest absolute Gasteiger partial charge is 0.243 e. The van der Waals surface area contributed by atoms with Gasteiger partial charge in [-0.15, -0.1) is 0 Å². The van der Waals surface area contributed by atoms with Gasteiger partial charge in [0.05, 0.1) is 29.1 Å². The van der Waals surface area contributed by atoms with Crippen LogP contribution in [0.15, 0.2) is 35.2 Å². The minimum Gasteiger partial charge on any atom is -0.492 e. The van der Waals surface area contributed by atoms with E-state index in [1.807, 2.05) is 34.6 Å². The molecule has 0 fully saturated rings. The molecule has 0 aliphatic rings. The monoisotopic (exact) mass is 452 g/mol. The molecule has 1 N–H and O–H groups in total. The lowest BCUT2D eigenvalue weighted by Gasteiger charge is -2.21. The van der Waals surface area contributed by atoms with E-state index in [1.54, 1.807) is 0 Å². The summed E-state index contributed by atoms with van der Waals surface area (Å²) in [6.45, 7) is 9.88. The number of nitrogens with zero attached hydrogens (tertiary/aromatic N) is 1. The van der Waals surface area contributed by atoms with Gasteiger partial charge in [-0.05, 0) is 75.1 Å². The first kappa shape index (κ1) is 24.2. The Morgan fingerprint density at radius 1 is 1.13 bits per heavy atom. The first-order chi connectivity index (χ1) is 14.0.